The van der Waals surface area contributed by atoms with Crippen molar-refractivity contribution in [1.82, 2.24) is 9.78 Å². The fourth-order valence-electron chi connectivity index (χ4n) is 2.62. The van der Waals surface area contributed by atoms with Gasteiger partial charge in [0, 0.05) is 11.6 Å². The first-order chi connectivity index (χ1) is 11.5. The fourth-order valence-corrected chi connectivity index (χ4v) is 2.62. The molecule has 0 N–H and O–H groups in total. The van der Waals surface area contributed by atoms with E-state index in [2.05, 4.69) is 5.10 Å². The Bertz CT molecular complexity index is 659. The molecule has 6 heteroatoms. The van der Waals surface area contributed by atoms with Crippen LogP contribution in [-0.2, 0) is 14.3 Å². The molecule has 1 aromatic heterocycles. The van der Waals surface area contributed by atoms with E-state index in [0.29, 0.717) is 18.7 Å². The normalized spacial score (nSPS) is 15.7. The molecule has 24 heavy (non-hydrogen) atoms. The van der Waals surface area contributed by atoms with Gasteiger partial charge in [0.2, 0.25) is 0 Å². The van der Waals surface area contributed by atoms with Gasteiger partial charge in [0.05, 0.1) is 25.7 Å². The quantitative estimate of drug-likeness (QED) is 0.540. The molecule has 0 bridgehead atoms. The molecule has 1 atom stereocenters. The van der Waals surface area contributed by atoms with E-state index in [1.54, 1.807) is 18.4 Å². The van der Waals surface area contributed by atoms with E-state index < -0.39 is 12.0 Å². The summed E-state index contributed by atoms with van der Waals surface area (Å²) in [4.78, 5) is 25.0. The molecule has 0 unspecified atom stereocenters. The average molecular weight is 334 g/mol. The van der Waals surface area contributed by atoms with Crippen molar-refractivity contribution in [2.45, 2.75) is 52.0 Å². The van der Waals surface area contributed by atoms with Crippen molar-refractivity contribution in [2.75, 3.05) is 13.7 Å². The molecule has 1 aliphatic carbocycles. The summed E-state index contributed by atoms with van der Waals surface area (Å²) in [7, 11) is 1.33. The second-order valence-electron chi connectivity index (χ2n) is 6.48. The Morgan fingerprint density at radius 1 is 1.46 bits per heavy atom. The van der Waals surface area contributed by atoms with Gasteiger partial charge in [-0.2, -0.15) is 5.10 Å². The van der Waals surface area contributed by atoms with Crippen molar-refractivity contribution >= 4 is 12.0 Å². The van der Waals surface area contributed by atoms with Crippen LogP contribution in [0.5, 0.6) is 0 Å². The van der Waals surface area contributed by atoms with E-state index in [-0.39, 0.29) is 17.4 Å². The number of carbonyl (C=O) groups excluding carboxylic acids is 1. The SMILES string of the molecule is CCO/C=C/c1cc(C2CC2)c(=O)n([C@@H](CC(C)C)C(=O)OC)n1. The lowest BCUT2D eigenvalue weighted by Crippen LogP contribution is -2.35. The fraction of sp³-hybridized carbons (Fsp3) is 0.611. The summed E-state index contributed by atoms with van der Waals surface area (Å²) in [5.74, 6) is 0.0594. The molecular weight excluding hydrogens is 308 g/mol. The van der Waals surface area contributed by atoms with Crippen molar-refractivity contribution < 1.29 is 14.3 Å². The summed E-state index contributed by atoms with van der Waals surface area (Å²) in [6, 6.07) is 1.09. The van der Waals surface area contributed by atoms with E-state index in [1.807, 2.05) is 20.8 Å². The third kappa shape index (κ3) is 4.46. The first-order valence-corrected chi connectivity index (χ1v) is 8.47. The molecule has 6 nitrogen and oxygen atoms in total. The average Bonchev–Trinajstić information content (AvgIpc) is 3.38. The first-order valence-electron chi connectivity index (χ1n) is 8.47. The van der Waals surface area contributed by atoms with Crippen LogP contribution in [-0.4, -0.2) is 29.5 Å². The van der Waals surface area contributed by atoms with Gasteiger partial charge in [0.15, 0.2) is 6.04 Å². The van der Waals surface area contributed by atoms with Gasteiger partial charge < -0.3 is 9.47 Å². The van der Waals surface area contributed by atoms with Crippen molar-refractivity contribution in [1.29, 1.82) is 0 Å². The molecule has 1 aliphatic rings. The van der Waals surface area contributed by atoms with Crippen LogP contribution >= 0.6 is 0 Å². The van der Waals surface area contributed by atoms with E-state index >= 15 is 0 Å². The molecule has 1 saturated carbocycles. The van der Waals surface area contributed by atoms with Crippen LogP contribution in [0.1, 0.15) is 63.3 Å². The molecule has 0 spiro atoms. The van der Waals surface area contributed by atoms with Crippen LogP contribution in [0, 0.1) is 5.92 Å². The van der Waals surface area contributed by atoms with Crippen LogP contribution in [0.25, 0.3) is 6.08 Å². The summed E-state index contributed by atoms with van der Waals surface area (Å²) in [5, 5.41) is 4.37. The van der Waals surface area contributed by atoms with Crippen LogP contribution in [0.4, 0.5) is 0 Å². The summed E-state index contributed by atoms with van der Waals surface area (Å²) >= 11 is 0. The lowest BCUT2D eigenvalue weighted by Gasteiger charge is -2.19. The van der Waals surface area contributed by atoms with Gasteiger partial charge >= 0.3 is 5.97 Å². The Balaban J connectivity index is 2.48. The molecule has 1 aromatic rings. The Labute approximate surface area is 142 Å². The second kappa shape index (κ2) is 8.13. The number of carbonyl (C=O) groups is 1. The number of aromatic nitrogens is 2. The number of nitrogens with zero attached hydrogens (tertiary/aromatic N) is 2. The summed E-state index contributed by atoms with van der Waals surface area (Å²) < 4.78 is 11.4. The van der Waals surface area contributed by atoms with E-state index in [1.165, 1.54) is 11.8 Å². The maximum atomic E-state index is 12.8. The number of rotatable bonds is 8. The lowest BCUT2D eigenvalue weighted by atomic mass is 10.0. The summed E-state index contributed by atoms with van der Waals surface area (Å²) in [6.07, 6.45) is 5.78. The molecule has 1 heterocycles. The number of ether oxygens (including phenoxy) is 2. The molecule has 2 rings (SSSR count). The van der Waals surface area contributed by atoms with Crippen LogP contribution < -0.4 is 5.56 Å². The van der Waals surface area contributed by atoms with Gasteiger partial charge in [-0.25, -0.2) is 9.48 Å². The minimum absolute atomic E-state index is 0.192. The standard InChI is InChI=1S/C18H26N2O4/c1-5-24-9-8-14-11-15(13-6-7-13)17(21)20(19-14)16(10-12(2)3)18(22)23-4/h8-9,11-13,16H,5-7,10H2,1-4H3/b9-8+/t16-/m0/s1. The van der Waals surface area contributed by atoms with Gasteiger partial charge in [-0.05, 0) is 44.1 Å². The molecule has 0 saturated heterocycles. The maximum absolute atomic E-state index is 12.8. The molecule has 0 radical (unpaired) electrons. The summed E-state index contributed by atoms with van der Waals surface area (Å²) in [6.45, 7) is 6.46. The topological polar surface area (TPSA) is 70.4 Å². The molecule has 1 fully saturated rings. The Morgan fingerprint density at radius 3 is 2.71 bits per heavy atom. The van der Waals surface area contributed by atoms with E-state index in [9.17, 15) is 9.59 Å². The van der Waals surface area contributed by atoms with Crippen LogP contribution in [0.3, 0.4) is 0 Å². The maximum Gasteiger partial charge on any atom is 0.330 e. The van der Waals surface area contributed by atoms with Gasteiger partial charge in [-0.1, -0.05) is 13.8 Å². The Kier molecular flexibility index (Phi) is 6.17. The number of hydrogen-bond acceptors (Lipinski definition) is 5. The predicted molar refractivity (Wildman–Crippen MR) is 91.6 cm³/mol. The number of hydrogen-bond donors (Lipinski definition) is 0. The highest BCUT2D eigenvalue weighted by atomic mass is 16.5. The molecular formula is C18H26N2O4. The zero-order valence-electron chi connectivity index (χ0n) is 14.8. The van der Waals surface area contributed by atoms with Crippen LogP contribution in [0.15, 0.2) is 17.1 Å². The van der Waals surface area contributed by atoms with Crippen molar-refractivity contribution in [3.63, 3.8) is 0 Å². The molecule has 132 valence electrons. The highest BCUT2D eigenvalue weighted by Gasteiger charge is 2.31. The van der Waals surface area contributed by atoms with Gasteiger partial charge in [-0.15, -0.1) is 0 Å². The zero-order chi connectivity index (χ0) is 17.7. The third-order valence-corrected chi connectivity index (χ3v) is 3.96. The smallest absolute Gasteiger partial charge is 0.330 e. The van der Waals surface area contributed by atoms with E-state index in [4.69, 9.17) is 9.47 Å². The van der Waals surface area contributed by atoms with Gasteiger partial charge in [-0.3, -0.25) is 4.79 Å². The van der Waals surface area contributed by atoms with Crippen molar-refractivity contribution in [3.8, 4) is 0 Å². The van der Waals surface area contributed by atoms with Crippen molar-refractivity contribution in [2.24, 2.45) is 5.92 Å². The third-order valence-electron chi connectivity index (χ3n) is 3.96. The second-order valence-corrected chi connectivity index (χ2v) is 6.48. The monoisotopic (exact) mass is 334 g/mol. The largest absolute Gasteiger partial charge is 0.501 e. The van der Waals surface area contributed by atoms with Crippen LogP contribution in [0.2, 0.25) is 0 Å². The van der Waals surface area contributed by atoms with Gasteiger partial charge in [0.1, 0.15) is 0 Å². The number of esters is 1. The Morgan fingerprint density at radius 2 is 2.17 bits per heavy atom. The highest BCUT2D eigenvalue weighted by Crippen LogP contribution is 2.38. The molecule has 0 aromatic carbocycles. The highest BCUT2D eigenvalue weighted by molar-refractivity contribution is 5.74. The number of methoxy groups -OCH3 is 1. The molecule has 0 aliphatic heterocycles. The first kappa shape index (κ1) is 18.2. The lowest BCUT2D eigenvalue weighted by molar-refractivity contribution is -0.145. The minimum Gasteiger partial charge on any atom is -0.501 e. The van der Waals surface area contributed by atoms with E-state index in [0.717, 1.165) is 18.4 Å². The molecule has 0 amide bonds. The minimum atomic E-state index is -0.708. The predicted octanol–water partition coefficient (Wildman–Crippen LogP) is 2.89. The van der Waals surface area contributed by atoms with Crippen molar-refractivity contribution in [3.05, 3.63) is 33.9 Å². The van der Waals surface area contributed by atoms with Gasteiger partial charge in [0.25, 0.3) is 5.56 Å². The zero-order valence-corrected chi connectivity index (χ0v) is 14.8. The Hall–Kier alpha value is -2.11. The summed E-state index contributed by atoms with van der Waals surface area (Å²) in [5.41, 5.74) is 1.14.